The normalized spacial score (nSPS) is 15.1. The van der Waals surface area contributed by atoms with Gasteiger partial charge in [0.25, 0.3) is 5.91 Å². The highest BCUT2D eigenvalue weighted by molar-refractivity contribution is 9.10. The predicted molar refractivity (Wildman–Crippen MR) is 67.3 cm³/mol. The van der Waals surface area contributed by atoms with Crippen LogP contribution < -0.4 is 9.64 Å². The molecule has 1 aliphatic heterocycles. The highest BCUT2D eigenvalue weighted by Crippen LogP contribution is 2.41. The SMILES string of the molecule is CC(C)N1C(=O)COc2c(Cl)cc(Br)cc21. The maximum absolute atomic E-state index is 11.8. The van der Waals surface area contributed by atoms with Crippen molar-refractivity contribution in [2.24, 2.45) is 0 Å². The van der Waals surface area contributed by atoms with Crippen LogP contribution in [0.15, 0.2) is 16.6 Å². The third-order valence-corrected chi connectivity index (χ3v) is 3.11. The molecular weight excluding hydrogens is 293 g/mol. The number of benzene rings is 1. The van der Waals surface area contributed by atoms with Crippen molar-refractivity contribution in [1.29, 1.82) is 0 Å². The van der Waals surface area contributed by atoms with Crippen LogP contribution in [0.4, 0.5) is 5.69 Å². The number of rotatable bonds is 1. The molecule has 86 valence electrons. The summed E-state index contributed by atoms with van der Waals surface area (Å²) in [4.78, 5) is 13.5. The number of amides is 1. The van der Waals surface area contributed by atoms with E-state index in [9.17, 15) is 4.79 Å². The smallest absolute Gasteiger partial charge is 0.265 e. The number of halogens is 2. The monoisotopic (exact) mass is 303 g/mol. The Labute approximate surface area is 107 Å². The number of hydrogen-bond acceptors (Lipinski definition) is 2. The number of hydrogen-bond donors (Lipinski definition) is 0. The summed E-state index contributed by atoms with van der Waals surface area (Å²) < 4.78 is 6.19. The molecule has 0 radical (unpaired) electrons. The van der Waals surface area contributed by atoms with Gasteiger partial charge >= 0.3 is 0 Å². The minimum absolute atomic E-state index is 0.0448. The fraction of sp³-hybridized carbons (Fsp3) is 0.364. The molecule has 0 saturated carbocycles. The molecule has 0 bridgehead atoms. The minimum atomic E-state index is -0.0448. The zero-order chi connectivity index (χ0) is 11.9. The van der Waals surface area contributed by atoms with Crippen LogP contribution in [0.3, 0.4) is 0 Å². The number of anilines is 1. The molecule has 0 saturated heterocycles. The summed E-state index contributed by atoms with van der Waals surface area (Å²) >= 11 is 9.43. The van der Waals surface area contributed by atoms with Crippen molar-refractivity contribution in [1.82, 2.24) is 0 Å². The van der Waals surface area contributed by atoms with Gasteiger partial charge in [0.1, 0.15) is 0 Å². The summed E-state index contributed by atoms with van der Waals surface area (Å²) in [5, 5.41) is 0.516. The first-order chi connectivity index (χ1) is 7.50. The largest absolute Gasteiger partial charge is 0.480 e. The Morgan fingerprint density at radius 3 is 2.81 bits per heavy atom. The number of carbonyl (C=O) groups is 1. The van der Waals surface area contributed by atoms with Gasteiger partial charge in [-0.25, -0.2) is 0 Å². The standard InChI is InChI=1S/C11H11BrClNO2/c1-6(2)14-9-4-7(12)3-8(13)11(9)16-5-10(14)15/h3-4,6H,5H2,1-2H3. The molecular formula is C11H11BrClNO2. The van der Waals surface area contributed by atoms with E-state index in [4.69, 9.17) is 16.3 Å². The van der Waals surface area contributed by atoms with Gasteiger partial charge in [0.15, 0.2) is 12.4 Å². The Morgan fingerprint density at radius 1 is 1.50 bits per heavy atom. The van der Waals surface area contributed by atoms with Crippen molar-refractivity contribution < 1.29 is 9.53 Å². The van der Waals surface area contributed by atoms with Crippen molar-refractivity contribution in [2.45, 2.75) is 19.9 Å². The van der Waals surface area contributed by atoms with E-state index < -0.39 is 0 Å². The Morgan fingerprint density at radius 2 is 2.19 bits per heavy atom. The van der Waals surface area contributed by atoms with E-state index in [-0.39, 0.29) is 18.6 Å². The van der Waals surface area contributed by atoms with Gasteiger partial charge in [-0.2, -0.15) is 0 Å². The molecule has 0 aliphatic carbocycles. The van der Waals surface area contributed by atoms with Crippen LogP contribution in [0.5, 0.6) is 5.75 Å². The molecule has 1 amide bonds. The molecule has 5 heteroatoms. The molecule has 2 rings (SSSR count). The summed E-state index contributed by atoms with van der Waals surface area (Å²) in [6.45, 7) is 3.97. The van der Waals surface area contributed by atoms with E-state index in [0.717, 1.165) is 10.2 Å². The number of nitrogens with zero attached hydrogens (tertiary/aromatic N) is 1. The van der Waals surface area contributed by atoms with Gasteiger partial charge in [0, 0.05) is 10.5 Å². The van der Waals surface area contributed by atoms with Gasteiger partial charge in [0.05, 0.1) is 10.7 Å². The predicted octanol–water partition coefficient (Wildman–Crippen LogP) is 3.24. The van der Waals surface area contributed by atoms with Crippen LogP contribution >= 0.6 is 27.5 Å². The second kappa shape index (κ2) is 4.26. The van der Waals surface area contributed by atoms with Crippen molar-refractivity contribution >= 4 is 39.1 Å². The summed E-state index contributed by atoms with van der Waals surface area (Å²) in [7, 11) is 0. The molecule has 0 atom stereocenters. The first-order valence-corrected chi connectivity index (χ1v) is 6.11. The Balaban J connectivity index is 2.58. The lowest BCUT2D eigenvalue weighted by molar-refractivity contribution is -0.121. The van der Waals surface area contributed by atoms with Crippen LogP contribution in [0.2, 0.25) is 5.02 Å². The van der Waals surface area contributed by atoms with Crippen LogP contribution in [-0.4, -0.2) is 18.6 Å². The molecule has 0 N–H and O–H groups in total. The van der Waals surface area contributed by atoms with E-state index in [1.807, 2.05) is 19.9 Å². The van der Waals surface area contributed by atoms with Gasteiger partial charge < -0.3 is 9.64 Å². The quantitative estimate of drug-likeness (QED) is 0.797. The topological polar surface area (TPSA) is 29.5 Å². The summed E-state index contributed by atoms with van der Waals surface area (Å²) in [6, 6.07) is 3.69. The first kappa shape index (κ1) is 11.7. The Kier molecular flexibility index (Phi) is 3.13. The van der Waals surface area contributed by atoms with E-state index in [1.165, 1.54) is 0 Å². The fourth-order valence-electron chi connectivity index (χ4n) is 1.77. The molecule has 0 aromatic heterocycles. The molecule has 1 heterocycles. The van der Waals surface area contributed by atoms with Gasteiger partial charge in [0.2, 0.25) is 0 Å². The van der Waals surface area contributed by atoms with Gasteiger partial charge in [-0.15, -0.1) is 0 Å². The van der Waals surface area contributed by atoms with E-state index in [1.54, 1.807) is 11.0 Å². The highest BCUT2D eigenvalue weighted by atomic mass is 79.9. The van der Waals surface area contributed by atoms with Gasteiger partial charge in [-0.05, 0) is 26.0 Å². The van der Waals surface area contributed by atoms with Gasteiger partial charge in [-0.3, -0.25) is 4.79 Å². The zero-order valence-electron chi connectivity index (χ0n) is 8.96. The van der Waals surface area contributed by atoms with Crippen molar-refractivity contribution in [2.75, 3.05) is 11.5 Å². The van der Waals surface area contributed by atoms with Crippen LogP contribution in [-0.2, 0) is 4.79 Å². The van der Waals surface area contributed by atoms with Crippen molar-refractivity contribution in [3.8, 4) is 5.75 Å². The lowest BCUT2D eigenvalue weighted by Gasteiger charge is -2.33. The van der Waals surface area contributed by atoms with E-state index in [0.29, 0.717) is 10.8 Å². The summed E-state index contributed by atoms with van der Waals surface area (Å²) in [5.41, 5.74) is 0.727. The van der Waals surface area contributed by atoms with E-state index >= 15 is 0 Å². The molecule has 1 aliphatic rings. The maximum atomic E-state index is 11.8. The second-order valence-corrected chi connectivity index (χ2v) is 5.20. The van der Waals surface area contributed by atoms with E-state index in [2.05, 4.69) is 15.9 Å². The third kappa shape index (κ3) is 1.92. The lowest BCUT2D eigenvalue weighted by Crippen LogP contribution is -2.43. The lowest BCUT2D eigenvalue weighted by atomic mass is 10.2. The molecule has 1 aromatic rings. The summed E-state index contributed by atoms with van der Waals surface area (Å²) in [5.74, 6) is 0.537. The average Bonchev–Trinajstić information content (AvgIpc) is 2.15. The maximum Gasteiger partial charge on any atom is 0.265 e. The highest BCUT2D eigenvalue weighted by Gasteiger charge is 2.29. The summed E-state index contributed by atoms with van der Waals surface area (Å²) in [6.07, 6.45) is 0. The fourth-order valence-corrected chi connectivity index (χ4v) is 2.62. The number of carbonyl (C=O) groups excluding carboxylic acids is 1. The first-order valence-electron chi connectivity index (χ1n) is 4.94. The van der Waals surface area contributed by atoms with Crippen molar-refractivity contribution in [3.63, 3.8) is 0 Å². The van der Waals surface area contributed by atoms with Crippen LogP contribution in [0.25, 0.3) is 0 Å². The van der Waals surface area contributed by atoms with Crippen LogP contribution in [0, 0.1) is 0 Å². The van der Waals surface area contributed by atoms with Crippen LogP contribution in [0.1, 0.15) is 13.8 Å². The number of fused-ring (bicyclic) bond motifs is 1. The van der Waals surface area contributed by atoms with Crippen molar-refractivity contribution in [3.05, 3.63) is 21.6 Å². The molecule has 16 heavy (non-hydrogen) atoms. The Bertz CT molecular complexity index is 448. The minimum Gasteiger partial charge on any atom is -0.480 e. The molecule has 0 fully saturated rings. The Hall–Kier alpha value is -0.740. The molecule has 0 spiro atoms. The second-order valence-electron chi connectivity index (χ2n) is 3.88. The molecule has 0 unspecified atom stereocenters. The third-order valence-electron chi connectivity index (χ3n) is 2.37. The number of ether oxygens (including phenoxy) is 1. The zero-order valence-corrected chi connectivity index (χ0v) is 11.3. The molecule has 1 aromatic carbocycles. The average molecular weight is 305 g/mol. The molecule has 3 nitrogen and oxygen atoms in total. The van der Waals surface area contributed by atoms with Gasteiger partial charge in [-0.1, -0.05) is 27.5 Å².